The van der Waals surface area contributed by atoms with E-state index in [-0.39, 0.29) is 5.92 Å². The largest absolute Gasteiger partial charge is 0.397 e. The monoisotopic (exact) mass is 387 g/mol. The summed E-state index contributed by atoms with van der Waals surface area (Å²) < 4.78 is 12.3. The molecule has 1 saturated heterocycles. The maximum Gasteiger partial charge on any atom is 0.260 e. The van der Waals surface area contributed by atoms with Crippen molar-refractivity contribution in [2.75, 3.05) is 18.9 Å². The predicted octanol–water partition coefficient (Wildman–Crippen LogP) is 3.35. The SMILES string of the molecule is Nc1c(Br)cc(Br)cc1-c1nc(C2CCOC2)no1. The number of hydrogen-bond donors (Lipinski definition) is 1. The Labute approximate surface area is 126 Å². The van der Waals surface area contributed by atoms with Gasteiger partial charge in [-0.1, -0.05) is 21.1 Å². The number of rotatable bonds is 2. The Kier molecular flexibility index (Phi) is 3.60. The third-order valence-electron chi connectivity index (χ3n) is 3.06. The molecule has 2 N–H and O–H groups in total. The molecule has 1 aliphatic rings. The fourth-order valence-corrected chi connectivity index (χ4v) is 3.24. The van der Waals surface area contributed by atoms with Crippen LogP contribution in [0.3, 0.4) is 0 Å². The molecule has 1 aliphatic heterocycles. The molecule has 1 unspecified atom stereocenters. The molecule has 19 heavy (non-hydrogen) atoms. The summed E-state index contributed by atoms with van der Waals surface area (Å²) in [6.07, 6.45) is 0.927. The summed E-state index contributed by atoms with van der Waals surface area (Å²) >= 11 is 6.82. The van der Waals surface area contributed by atoms with Gasteiger partial charge in [0.15, 0.2) is 5.82 Å². The number of benzene rings is 1. The smallest absolute Gasteiger partial charge is 0.260 e. The van der Waals surface area contributed by atoms with Crippen LogP contribution in [-0.2, 0) is 4.74 Å². The molecule has 0 radical (unpaired) electrons. The third kappa shape index (κ3) is 2.54. The summed E-state index contributed by atoms with van der Waals surface area (Å²) in [5.74, 6) is 1.33. The first-order valence-corrected chi connectivity index (χ1v) is 7.40. The van der Waals surface area contributed by atoms with Gasteiger partial charge in [0.25, 0.3) is 5.89 Å². The molecule has 0 amide bonds. The fraction of sp³-hybridized carbons (Fsp3) is 0.333. The number of hydrogen-bond acceptors (Lipinski definition) is 5. The van der Waals surface area contributed by atoms with Gasteiger partial charge in [-0.05, 0) is 34.5 Å². The minimum atomic E-state index is 0.217. The first-order valence-electron chi connectivity index (χ1n) is 5.81. The van der Waals surface area contributed by atoms with Crippen molar-refractivity contribution in [3.63, 3.8) is 0 Å². The second-order valence-corrected chi connectivity index (χ2v) is 6.14. The molecule has 0 aliphatic carbocycles. The second kappa shape index (κ2) is 5.22. The van der Waals surface area contributed by atoms with Crippen molar-refractivity contribution in [2.24, 2.45) is 0 Å². The summed E-state index contributed by atoms with van der Waals surface area (Å²) in [5.41, 5.74) is 7.33. The molecule has 2 aromatic rings. The van der Waals surface area contributed by atoms with Gasteiger partial charge in [0.05, 0.1) is 17.9 Å². The van der Waals surface area contributed by atoms with Crippen LogP contribution in [0, 0.1) is 0 Å². The Morgan fingerprint density at radius 1 is 1.32 bits per heavy atom. The minimum absolute atomic E-state index is 0.217. The van der Waals surface area contributed by atoms with Gasteiger partial charge >= 0.3 is 0 Å². The topological polar surface area (TPSA) is 74.2 Å². The number of nitrogens with two attached hydrogens (primary N) is 1. The lowest BCUT2D eigenvalue weighted by Crippen LogP contribution is -1.99. The highest BCUT2D eigenvalue weighted by molar-refractivity contribution is 9.11. The van der Waals surface area contributed by atoms with Crippen LogP contribution in [0.5, 0.6) is 0 Å². The predicted molar refractivity (Wildman–Crippen MR) is 77.7 cm³/mol. The van der Waals surface area contributed by atoms with Gasteiger partial charge < -0.3 is 15.0 Å². The third-order valence-corrected chi connectivity index (χ3v) is 4.18. The zero-order valence-corrected chi connectivity index (χ0v) is 13.1. The lowest BCUT2D eigenvalue weighted by Gasteiger charge is -2.04. The van der Waals surface area contributed by atoms with Gasteiger partial charge in [-0.25, -0.2) is 0 Å². The van der Waals surface area contributed by atoms with Crippen LogP contribution in [-0.4, -0.2) is 23.4 Å². The fourth-order valence-electron chi connectivity index (χ4n) is 2.01. The summed E-state index contributed by atoms with van der Waals surface area (Å²) in [7, 11) is 0. The normalized spacial score (nSPS) is 18.9. The number of nitrogens with zero attached hydrogens (tertiary/aromatic N) is 2. The van der Waals surface area contributed by atoms with Crippen LogP contribution in [0.15, 0.2) is 25.6 Å². The molecule has 1 atom stereocenters. The van der Waals surface area contributed by atoms with E-state index in [2.05, 4.69) is 42.0 Å². The maximum atomic E-state index is 6.03. The molecule has 1 aromatic heterocycles. The Morgan fingerprint density at radius 3 is 2.89 bits per heavy atom. The highest BCUT2D eigenvalue weighted by atomic mass is 79.9. The van der Waals surface area contributed by atoms with E-state index in [9.17, 15) is 0 Å². The van der Waals surface area contributed by atoms with Crippen LogP contribution in [0.25, 0.3) is 11.5 Å². The number of aromatic nitrogens is 2. The van der Waals surface area contributed by atoms with Crippen LogP contribution < -0.4 is 5.73 Å². The van der Waals surface area contributed by atoms with Crippen LogP contribution in [0.4, 0.5) is 5.69 Å². The zero-order valence-electron chi connectivity index (χ0n) is 9.90. The van der Waals surface area contributed by atoms with Gasteiger partial charge in [0.1, 0.15) is 0 Å². The van der Waals surface area contributed by atoms with Crippen molar-refractivity contribution in [2.45, 2.75) is 12.3 Å². The van der Waals surface area contributed by atoms with E-state index in [0.717, 1.165) is 27.5 Å². The molecule has 0 bridgehead atoms. The summed E-state index contributed by atoms with van der Waals surface area (Å²) in [6.45, 7) is 1.40. The molecule has 1 fully saturated rings. The molecule has 0 spiro atoms. The van der Waals surface area contributed by atoms with Crippen molar-refractivity contribution in [1.29, 1.82) is 0 Å². The Bertz CT molecular complexity index is 609. The highest BCUT2D eigenvalue weighted by Crippen LogP contribution is 2.35. The molecule has 1 aromatic carbocycles. The van der Waals surface area contributed by atoms with E-state index in [4.69, 9.17) is 15.0 Å². The van der Waals surface area contributed by atoms with Gasteiger partial charge in [0, 0.05) is 21.5 Å². The summed E-state index contributed by atoms with van der Waals surface area (Å²) in [6, 6.07) is 3.74. The van der Waals surface area contributed by atoms with E-state index >= 15 is 0 Å². The number of nitrogen functional groups attached to an aromatic ring is 1. The van der Waals surface area contributed by atoms with E-state index in [1.54, 1.807) is 0 Å². The van der Waals surface area contributed by atoms with Crippen molar-refractivity contribution >= 4 is 37.5 Å². The van der Waals surface area contributed by atoms with Crippen molar-refractivity contribution in [3.8, 4) is 11.5 Å². The van der Waals surface area contributed by atoms with Crippen LogP contribution in [0.2, 0.25) is 0 Å². The standard InChI is InChI=1S/C12H11Br2N3O2/c13-7-3-8(10(15)9(14)4-7)12-16-11(17-19-12)6-1-2-18-5-6/h3-4,6H,1-2,5,15H2. The van der Waals surface area contributed by atoms with E-state index in [0.29, 0.717) is 24.0 Å². The average Bonchev–Trinajstić information content (AvgIpc) is 3.03. The molecule has 0 saturated carbocycles. The number of anilines is 1. The van der Waals surface area contributed by atoms with Gasteiger partial charge in [0.2, 0.25) is 0 Å². The van der Waals surface area contributed by atoms with E-state index in [1.165, 1.54) is 0 Å². The van der Waals surface area contributed by atoms with Gasteiger partial charge in [-0.3, -0.25) is 0 Å². The molecule has 7 heteroatoms. The van der Waals surface area contributed by atoms with E-state index < -0.39 is 0 Å². The van der Waals surface area contributed by atoms with Gasteiger partial charge in [-0.15, -0.1) is 0 Å². The highest BCUT2D eigenvalue weighted by Gasteiger charge is 2.24. The summed E-state index contributed by atoms with van der Waals surface area (Å²) in [5, 5.41) is 4.02. The van der Waals surface area contributed by atoms with Crippen molar-refractivity contribution in [3.05, 3.63) is 26.9 Å². The first kappa shape index (κ1) is 13.1. The second-order valence-electron chi connectivity index (χ2n) is 4.37. The Balaban J connectivity index is 1.98. The quantitative estimate of drug-likeness (QED) is 0.798. The molecular weight excluding hydrogens is 378 g/mol. The van der Waals surface area contributed by atoms with Crippen molar-refractivity contribution in [1.82, 2.24) is 10.1 Å². The average molecular weight is 389 g/mol. The lowest BCUT2D eigenvalue weighted by molar-refractivity contribution is 0.192. The summed E-state index contributed by atoms with van der Waals surface area (Å²) in [4.78, 5) is 4.43. The van der Waals surface area contributed by atoms with Crippen LogP contribution >= 0.6 is 31.9 Å². The van der Waals surface area contributed by atoms with Gasteiger partial charge in [-0.2, -0.15) is 4.98 Å². The molecular formula is C12H11Br2N3O2. The molecule has 5 nitrogen and oxygen atoms in total. The first-order chi connectivity index (χ1) is 9.15. The Hall–Kier alpha value is -0.920. The number of halogens is 2. The van der Waals surface area contributed by atoms with Crippen molar-refractivity contribution < 1.29 is 9.26 Å². The number of ether oxygens (including phenoxy) is 1. The molecule has 2 heterocycles. The van der Waals surface area contributed by atoms with E-state index in [1.807, 2.05) is 12.1 Å². The minimum Gasteiger partial charge on any atom is -0.397 e. The zero-order chi connectivity index (χ0) is 13.4. The molecule has 3 rings (SSSR count). The maximum absolute atomic E-state index is 6.03. The molecule has 100 valence electrons. The van der Waals surface area contributed by atoms with Crippen LogP contribution in [0.1, 0.15) is 18.2 Å². The Morgan fingerprint density at radius 2 is 2.16 bits per heavy atom. The lowest BCUT2D eigenvalue weighted by atomic mass is 10.1.